The fourth-order valence-corrected chi connectivity index (χ4v) is 2.47. The van der Waals surface area contributed by atoms with E-state index < -0.39 is 42.9 Å². The minimum absolute atomic E-state index is 0.243. The summed E-state index contributed by atoms with van der Waals surface area (Å²) in [5.74, 6) is 0. The van der Waals surface area contributed by atoms with Gasteiger partial charge in [0.2, 0.25) is 0 Å². The molecule has 0 aromatic heterocycles. The molecule has 8 heteroatoms. The van der Waals surface area contributed by atoms with Gasteiger partial charge in [0.25, 0.3) is 0 Å². The van der Waals surface area contributed by atoms with Crippen molar-refractivity contribution in [3.05, 3.63) is 0 Å². The van der Waals surface area contributed by atoms with Gasteiger partial charge in [-0.3, -0.25) is 0 Å². The Bertz CT molecular complexity index is 387. The number of aliphatic hydroxyl groups excluding tert-OH is 4. The second kappa shape index (κ2) is 9.57. The van der Waals surface area contributed by atoms with Crippen molar-refractivity contribution in [2.24, 2.45) is 0 Å². The summed E-state index contributed by atoms with van der Waals surface area (Å²) in [5, 5.41) is 38.3. The van der Waals surface area contributed by atoms with Gasteiger partial charge in [0.15, 0.2) is 6.29 Å². The lowest BCUT2D eigenvalue weighted by atomic mass is 10.0. The van der Waals surface area contributed by atoms with Crippen LogP contribution >= 0.6 is 0 Å². The summed E-state index contributed by atoms with van der Waals surface area (Å²) in [6, 6.07) is 0. The highest BCUT2D eigenvalue weighted by Gasteiger charge is 2.47. The molecule has 5 atom stereocenters. The molecule has 1 saturated heterocycles. The lowest BCUT2D eigenvalue weighted by Crippen LogP contribution is -2.43. The standard InChI is InChI=1S/C17H34O8/c1-16(2,22-5)7-9-24-17(3,4)6-8-23-14-12(20)15(21)25-13(14)11(19)10-18/h11-15,18-21H,6-10H2,1-5H3. The smallest absolute Gasteiger partial charge is 0.184 e. The average molecular weight is 366 g/mol. The molecule has 4 N–H and O–H groups in total. The Morgan fingerprint density at radius 1 is 1.04 bits per heavy atom. The Morgan fingerprint density at radius 2 is 1.64 bits per heavy atom. The molecule has 150 valence electrons. The summed E-state index contributed by atoms with van der Waals surface area (Å²) < 4.78 is 21.9. The van der Waals surface area contributed by atoms with E-state index in [9.17, 15) is 15.3 Å². The highest BCUT2D eigenvalue weighted by molar-refractivity contribution is 4.91. The van der Waals surface area contributed by atoms with Gasteiger partial charge < -0.3 is 39.4 Å². The number of hydrogen-bond acceptors (Lipinski definition) is 8. The van der Waals surface area contributed by atoms with E-state index in [1.54, 1.807) is 7.11 Å². The van der Waals surface area contributed by atoms with Gasteiger partial charge in [-0.1, -0.05) is 0 Å². The summed E-state index contributed by atoms with van der Waals surface area (Å²) in [7, 11) is 1.67. The molecular weight excluding hydrogens is 332 g/mol. The maximum atomic E-state index is 9.92. The molecule has 1 aliphatic rings. The van der Waals surface area contributed by atoms with E-state index in [0.29, 0.717) is 13.0 Å². The van der Waals surface area contributed by atoms with Gasteiger partial charge >= 0.3 is 0 Å². The molecule has 1 heterocycles. The molecule has 8 nitrogen and oxygen atoms in total. The van der Waals surface area contributed by atoms with Crippen LogP contribution in [0.2, 0.25) is 0 Å². The predicted molar refractivity (Wildman–Crippen MR) is 90.1 cm³/mol. The molecule has 0 radical (unpaired) electrons. The number of ether oxygens (including phenoxy) is 4. The zero-order valence-corrected chi connectivity index (χ0v) is 15.8. The van der Waals surface area contributed by atoms with Gasteiger partial charge in [0.05, 0.1) is 24.4 Å². The van der Waals surface area contributed by atoms with Gasteiger partial charge in [-0.25, -0.2) is 0 Å². The predicted octanol–water partition coefficient (Wildman–Crippen LogP) is -0.197. The van der Waals surface area contributed by atoms with Crippen LogP contribution < -0.4 is 0 Å². The third-order valence-electron chi connectivity index (χ3n) is 4.58. The molecule has 0 aliphatic carbocycles. The summed E-state index contributed by atoms with van der Waals surface area (Å²) >= 11 is 0. The minimum Gasteiger partial charge on any atom is -0.394 e. The molecule has 0 spiro atoms. The van der Waals surface area contributed by atoms with E-state index >= 15 is 0 Å². The number of aliphatic hydroxyl groups is 4. The third kappa shape index (κ3) is 7.07. The van der Waals surface area contributed by atoms with Crippen LogP contribution in [0, 0.1) is 0 Å². The summed E-state index contributed by atoms with van der Waals surface area (Å²) in [6.07, 6.45) is -4.57. The minimum atomic E-state index is -1.45. The van der Waals surface area contributed by atoms with Crippen molar-refractivity contribution in [2.75, 3.05) is 26.9 Å². The van der Waals surface area contributed by atoms with Crippen LogP contribution in [-0.4, -0.2) is 89.3 Å². The van der Waals surface area contributed by atoms with Crippen LogP contribution in [0.15, 0.2) is 0 Å². The fourth-order valence-electron chi connectivity index (χ4n) is 2.47. The van der Waals surface area contributed by atoms with Crippen molar-refractivity contribution in [2.45, 2.75) is 82.4 Å². The molecule has 1 fully saturated rings. The molecule has 1 rings (SSSR count). The van der Waals surface area contributed by atoms with Gasteiger partial charge in [-0.2, -0.15) is 0 Å². The van der Waals surface area contributed by atoms with Gasteiger partial charge in [0.1, 0.15) is 24.4 Å². The first kappa shape index (κ1) is 22.7. The SMILES string of the molecule is COC(C)(C)CCOC(C)(C)CCOC1C(O)C(O)OC1C(O)CO. The highest BCUT2D eigenvalue weighted by Crippen LogP contribution is 2.26. The van der Waals surface area contributed by atoms with Crippen molar-refractivity contribution < 1.29 is 39.4 Å². The second-order valence-electron chi connectivity index (χ2n) is 7.64. The monoisotopic (exact) mass is 366 g/mol. The Kier molecular flexibility index (Phi) is 8.70. The molecule has 0 amide bonds. The van der Waals surface area contributed by atoms with Crippen molar-refractivity contribution >= 4 is 0 Å². The summed E-state index contributed by atoms with van der Waals surface area (Å²) in [5.41, 5.74) is -0.695. The lowest BCUT2D eigenvalue weighted by Gasteiger charge is -2.30. The Morgan fingerprint density at radius 3 is 2.20 bits per heavy atom. The number of methoxy groups -OCH3 is 1. The molecule has 0 aromatic carbocycles. The van der Waals surface area contributed by atoms with Crippen LogP contribution in [-0.2, 0) is 18.9 Å². The van der Waals surface area contributed by atoms with Crippen molar-refractivity contribution in [3.8, 4) is 0 Å². The maximum absolute atomic E-state index is 9.92. The fraction of sp³-hybridized carbons (Fsp3) is 1.00. The zero-order chi connectivity index (χ0) is 19.3. The van der Waals surface area contributed by atoms with Gasteiger partial charge in [0, 0.05) is 13.7 Å². The van der Waals surface area contributed by atoms with Gasteiger partial charge in [-0.15, -0.1) is 0 Å². The van der Waals surface area contributed by atoms with Crippen LogP contribution in [0.4, 0.5) is 0 Å². The number of rotatable bonds is 11. The zero-order valence-electron chi connectivity index (χ0n) is 15.8. The van der Waals surface area contributed by atoms with E-state index in [1.807, 2.05) is 27.7 Å². The molecule has 0 bridgehead atoms. The Labute approximate surface area is 149 Å². The van der Waals surface area contributed by atoms with Crippen molar-refractivity contribution in [3.63, 3.8) is 0 Å². The molecule has 0 aromatic rings. The molecule has 1 aliphatic heterocycles. The highest BCUT2D eigenvalue weighted by atomic mass is 16.7. The largest absolute Gasteiger partial charge is 0.394 e. The van der Waals surface area contributed by atoms with Gasteiger partial charge in [-0.05, 0) is 40.5 Å². The normalized spacial score (nSPS) is 29.2. The first-order valence-corrected chi connectivity index (χ1v) is 8.64. The van der Waals surface area contributed by atoms with Crippen LogP contribution in [0.5, 0.6) is 0 Å². The van der Waals surface area contributed by atoms with Crippen molar-refractivity contribution in [1.82, 2.24) is 0 Å². The number of hydrogen-bond donors (Lipinski definition) is 4. The molecule has 5 unspecified atom stereocenters. The Balaban J connectivity index is 2.43. The average Bonchev–Trinajstić information content (AvgIpc) is 2.82. The second-order valence-corrected chi connectivity index (χ2v) is 7.64. The lowest BCUT2D eigenvalue weighted by molar-refractivity contribution is -0.151. The third-order valence-corrected chi connectivity index (χ3v) is 4.58. The first-order chi connectivity index (χ1) is 11.5. The first-order valence-electron chi connectivity index (χ1n) is 8.64. The van der Waals surface area contributed by atoms with E-state index in [1.165, 1.54) is 0 Å². The van der Waals surface area contributed by atoms with E-state index in [2.05, 4.69) is 0 Å². The van der Waals surface area contributed by atoms with Crippen LogP contribution in [0.3, 0.4) is 0 Å². The van der Waals surface area contributed by atoms with E-state index in [0.717, 1.165) is 6.42 Å². The van der Waals surface area contributed by atoms with Crippen molar-refractivity contribution in [1.29, 1.82) is 0 Å². The summed E-state index contributed by atoms with van der Waals surface area (Å²) in [4.78, 5) is 0. The van der Waals surface area contributed by atoms with E-state index in [4.69, 9.17) is 24.1 Å². The van der Waals surface area contributed by atoms with Crippen LogP contribution in [0.1, 0.15) is 40.5 Å². The molecule has 0 saturated carbocycles. The van der Waals surface area contributed by atoms with E-state index in [-0.39, 0.29) is 12.2 Å². The topological polar surface area (TPSA) is 118 Å². The molecule has 25 heavy (non-hydrogen) atoms. The quantitative estimate of drug-likeness (QED) is 0.397. The molecular formula is C17H34O8. The summed E-state index contributed by atoms with van der Waals surface area (Å²) in [6.45, 7) is 8.09. The van der Waals surface area contributed by atoms with Crippen LogP contribution in [0.25, 0.3) is 0 Å². The maximum Gasteiger partial charge on any atom is 0.184 e. The Hall–Kier alpha value is -0.320.